The van der Waals surface area contributed by atoms with E-state index in [4.69, 9.17) is 0 Å². The number of carbonyl (C=O) groups is 2. The first-order chi connectivity index (χ1) is 7.91. The SMILES string of the molecule is CC(=O)c1cc(C(=O)/C=C/N(C)C)ccc1C. The summed E-state index contributed by atoms with van der Waals surface area (Å²) in [5.74, 6) is -0.116. The van der Waals surface area contributed by atoms with Crippen molar-refractivity contribution in [3.8, 4) is 0 Å². The quantitative estimate of drug-likeness (QED) is 0.590. The topological polar surface area (TPSA) is 37.4 Å². The summed E-state index contributed by atoms with van der Waals surface area (Å²) in [4.78, 5) is 25.0. The zero-order valence-corrected chi connectivity index (χ0v) is 10.7. The maximum absolute atomic E-state index is 11.8. The standard InChI is InChI=1S/C14H17NO2/c1-10-5-6-12(9-13(10)11(2)16)14(17)7-8-15(3)4/h5-9H,1-4H3/b8-7+. The van der Waals surface area contributed by atoms with Crippen molar-refractivity contribution in [2.75, 3.05) is 14.1 Å². The molecule has 90 valence electrons. The highest BCUT2D eigenvalue weighted by atomic mass is 16.1. The minimum Gasteiger partial charge on any atom is -0.383 e. The molecule has 0 atom stereocenters. The molecule has 0 heterocycles. The minimum atomic E-state index is -0.0961. The predicted molar refractivity (Wildman–Crippen MR) is 68.3 cm³/mol. The van der Waals surface area contributed by atoms with Crippen LogP contribution in [-0.2, 0) is 0 Å². The third-order valence-electron chi connectivity index (χ3n) is 2.43. The maximum Gasteiger partial charge on any atom is 0.187 e. The number of carbonyl (C=O) groups excluding carboxylic acids is 2. The zero-order chi connectivity index (χ0) is 13.0. The average Bonchev–Trinajstić information content (AvgIpc) is 2.26. The fourth-order valence-electron chi connectivity index (χ4n) is 1.47. The van der Waals surface area contributed by atoms with E-state index in [9.17, 15) is 9.59 Å². The molecule has 0 aliphatic rings. The van der Waals surface area contributed by atoms with Crippen molar-refractivity contribution in [3.63, 3.8) is 0 Å². The van der Waals surface area contributed by atoms with Gasteiger partial charge in [-0.15, -0.1) is 0 Å². The summed E-state index contributed by atoms with van der Waals surface area (Å²) in [5.41, 5.74) is 2.04. The van der Waals surface area contributed by atoms with Crippen molar-refractivity contribution in [2.45, 2.75) is 13.8 Å². The predicted octanol–water partition coefficient (Wildman–Crippen LogP) is 2.46. The molecule has 17 heavy (non-hydrogen) atoms. The molecular weight excluding hydrogens is 214 g/mol. The van der Waals surface area contributed by atoms with Crippen molar-refractivity contribution in [1.82, 2.24) is 4.90 Å². The Morgan fingerprint density at radius 3 is 2.41 bits per heavy atom. The summed E-state index contributed by atoms with van der Waals surface area (Å²) >= 11 is 0. The van der Waals surface area contributed by atoms with Gasteiger partial charge in [0.1, 0.15) is 0 Å². The molecule has 0 aliphatic carbocycles. The highest BCUT2D eigenvalue weighted by molar-refractivity contribution is 6.06. The number of nitrogens with zero attached hydrogens (tertiary/aromatic N) is 1. The summed E-state index contributed by atoms with van der Waals surface area (Å²) < 4.78 is 0. The molecule has 0 aromatic heterocycles. The lowest BCUT2D eigenvalue weighted by Gasteiger charge is -2.05. The van der Waals surface area contributed by atoms with E-state index in [1.54, 1.807) is 29.3 Å². The van der Waals surface area contributed by atoms with Crippen LogP contribution in [0.4, 0.5) is 0 Å². The van der Waals surface area contributed by atoms with Gasteiger partial charge < -0.3 is 4.90 Å². The molecule has 0 saturated carbocycles. The number of ketones is 2. The molecule has 0 saturated heterocycles. The van der Waals surface area contributed by atoms with Crippen molar-refractivity contribution >= 4 is 11.6 Å². The Hall–Kier alpha value is -1.90. The van der Waals surface area contributed by atoms with E-state index in [1.807, 2.05) is 21.0 Å². The van der Waals surface area contributed by atoms with Crippen LogP contribution in [0.2, 0.25) is 0 Å². The van der Waals surface area contributed by atoms with Gasteiger partial charge in [0.05, 0.1) is 0 Å². The van der Waals surface area contributed by atoms with Gasteiger partial charge in [-0.1, -0.05) is 12.1 Å². The second-order valence-electron chi connectivity index (χ2n) is 4.23. The van der Waals surface area contributed by atoms with Gasteiger partial charge in [0.15, 0.2) is 11.6 Å². The van der Waals surface area contributed by atoms with Crippen LogP contribution in [0.5, 0.6) is 0 Å². The van der Waals surface area contributed by atoms with Gasteiger partial charge in [0.25, 0.3) is 0 Å². The number of aryl methyl sites for hydroxylation is 1. The Kier molecular flexibility index (Phi) is 4.21. The Balaban J connectivity index is 3.04. The number of rotatable bonds is 4. The van der Waals surface area contributed by atoms with E-state index >= 15 is 0 Å². The van der Waals surface area contributed by atoms with Gasteiger partial charge in [0, 0.05) is 37.5 Å². The van der Waals surface area contributed by atoms with Crippen molar-refractivity contribution < 1.29 is 9.59 Å². The first-order valence-electron chi connectivity index (χ1n) is 5.42. The highest BCUT2D eigenvalue weighted by Gasteiger charge is 2.08. The lowest BCUT2D eigenvalue weighted by atomic mass is 10.00. The zero-order valence-electron chi connectivity index (χ0n) is 10.7. The molecule has 3 nitrogen and oxygen atoms in total. The van der Waals surface area contributed by atoms with Crippen LogP contribution in [-0.4, -0.2) is 30.6 Å². The Morgan fingerprint density at radius 2 is 1.88 bits per heavy atom. The van der Waals surface area contributed by atoms with Gasteiger partial charge in [-0.05, 0) is 25.5 Å². The van der Waals surface area contributed by atoms with Gasteiger partial charge in [-0.3, -0.25) is 9.59 Å². The number of Topliss-reactive ketones (excluding diaryl/α,β-unsaturated/α-hetero) is 1. The fraction of sp³-hybridized carbons (Fsp3) is 0.286. The minimum absolute atomic E-state index is 0.0197. The summed E-state index contributed by atoms with van der Waals surface area (Å²) in [7, 11) is 3.69. The van der Waals surface area contributed by atoms with Crippen LogP contribution in [0.3, 0.4) is 0 Å². The van der Waals surface area contributed by atoms with Crippen LogP contribution in [0, 0.1) is 6.92 Å². The Labute approximate surface area is 102 Å². The third-order valence-corrected chi connectivity index (χ3v) is 2.43. The number of hydrogen-bond acceptors (Lipinski definition) is 3. The molecule has 0 bridgehead atoms. The summed E-state index contributed by atoms with van der Waals surface area (Å²) in [6, 6.07) is 5.19. The van der Waals surface area contributed by atoms with Crippen LogP contribution in [0.25, 0.3) is 0 Å². The van der Waals surface area contributed by atoms with Crippen molar-refractivity contribution in [3.05, 3.63) is 47.2 Å². The average molecular weight is 231 g/mol. The Morgan fingerprint density at radius 1 is 1.24 bits per heavy atom. The molecule has 0 radical (unpaired) electrons. The molecular formula is C14H17NO2. The molecule has 1 rings (SSSR count). The van der Waals surface area contributed by atoms with E-state index in [1.165, 1.54) is 13.0 Å². The normalized spacial score (nSPS) is 10.6. The number of benzene rings is 1. The third kappa shape index (κ3) is 3.55. The number of allylic oxidation sites excluding steroid dienone is 1. The molecule has 1 aromatic carbocycles. The fourth-order valence-corrected chi connectivity index (χ4v) is 1.47. The lowest BCUT2D eigenvalue weighted by molar-refractivity contribution is 0.101. The number of hydrogen-bond donors (Lipinski definition) is 0. The first kappa shape index (κ1) is 13.2. The van der Waals surface area contributed by atoms with Gasteiger partial charge in [0.2, 0.25) is 0 Å². The molecule has 1 aromatic rings. The summed E-state index contributed by atoms with van der Waals surface area (Å²) in [6.45, 7) is 3.37. The monoisotopic (exact) mass is 231 g/mol. The summed E-state index contributed by atoms with van der Waals surface area (Å²) in [5, 5.41) is 0. The maximum atomic E-state index is 11.8. The Bertz CT molecular complexity index is 473. The lowest BCUT2D eigenvalue weighted by Crippen LogP contribution is -2.04. The molecule has 3 heteroatoms. The smallest absolute Gasteiger partial charge is 0.187 e. The second-order valence-corrected chi connectivity index (χ2v) is 4.23. The second kappa shape index (κ2) is 5.43. The van der Waals surface area contributed by atoms with Crippen molar-refractivity contribution in [2.24, 2.45) is 0 Å². The molecule has 0 fully saturated rings. The largest absolute Gasteiger partial charge is 0.383 e. The van der Waals surface area contributed by atoms with E-state index in [-0.39, 0.29) is 11.6 Å². The van der Waals surface area contributed by atoms with Crippen molar-refractivity contribution in [1.29, 1.82) is 0 Å². The highest BCUT2D eigenvalue weighted by Crippen LogP contribution is 2.13. The molecule has 0 unspecified atom stereocenters. The van der Waals surface area contributed by atoms with Crippen LogP contribution in [0.1, 0.15) is 33.2 Å². The van der Waals surface area contributed by atoms with E-state index < -0.39 is 0 Å². The van der Waals surface area contributed by atoms with Gasteiger partial charge in [-0.2, -0.15) is 0 Å². The molecule has 0 N–H and O–H groups in total. The van der Waals surface area contributed by atoms with Gasteiger partial charge >= 0.3 is 0 Å². The van der Waals surface area contributed by atoms with E-state index in [0.29, 0.717) is 11.1 Å². The molecule has 0 spiro atoms. The van der Waals surface area contributed by atoms with Crippen LogP contribution >= 0.6 is 0 Å². The molecule has 0 aliphatic heterocycles. The van der Waals surface area contributed by atoms with Crippen LogP contribution < -0.4 is 0 Å². The van der Waals surface area contributed by atoms with E-state index in [0.717, 1.165) is 5.56 Å². The van der Waals surface area contributed by atoms with Crippen LogP contribution in [0.15, 0.2) is 30.5 Å². The first-order valence-corrected chi connectivity index (χ1v) is 5.42. The molecule has 0 amide bonds. The van der Waals surface area contributed by atoms with Gasteiger partial charge in [-0.25, -0.2) is 0 Å². The summed E-state index contributed by atoms with van der Waals surface area (Å²) in [6.07, 6.45) is 3.18. The van der Waals surface area contributed by atoms with E-state index in [2.05, 4.69) is 0 Å².